The molecule has 6 N–H and O–H groups in total. The molecule has 174 valence electrons. The second-order valence-corrected chi connectivity index (χ2v) is 9.47. The first-order valence-electron chi connectivity index (χ1n) is 11.7. The van der Waals surface area contributed by atoms with E-state index in [1.165, 1.54) is 0 Å². The van der Waals surface area contributed by atoms with Gasteiger partial charge in [-0.15, -0.1) is 0 Å². The molecule has 1 rings (SSSR count). The van der Waals surface area contributed by atoms with Crippen LogP contribution in [0.25, 0.3) is 0 Å². The van der Waals surface area contributed by atoms with E-state index >= 15 is 0 Å². The van der Waals surface area contributed by atoms with Gasteiger partial charge in [0.25, 0.3) is 0 Å². The Hall–Kier alpha value is -0.240. The molecule has 1 fully saturated rings. The normalized spacial score (nSPS) is 30.7. The minimum atomic E-state index is -0.834. The Kier molecular flexibility index (Phi) is 12.9. The van der Waals surface area contributed by atoms with Crippen LogP contribution >= 0.6 is 0 Å². The molecule has 0 aromatic rings. The first kappa shape index (κ1) is 26.8. The molecule has 0 heterocycles. The number of aliphatic hydroxyl groups excluding tert-OH is 6. The van der Waals surface area contributed by atoms with Gasteiger partial charge in [-0.25, -0.2) is 0 Å². The highest BCUT2D eigenvalue weighted by atomic mass is 16.3. The maximum atomic E-state index is 10.7. The Morgan fingerprint density at radius 1 is 0.724 bits per heavy atom. The molecule has 9 atom stereocenters. The van der Waals surface area contributed by atoms with Crippen molar-refractivity contribution in [3.8, 4) is 0 Å². The van der Waals surface area contributed by atoms with Crippen molar-refractivity contribution in [3.05, 3.63) is 0 Å². The van der Waals surface area contributed by atoms with E-state index in [9.17, 15) is 30.6 Å². The SMILES string of the molecule is CCC(O)CC(O)C1CCCC(C(O)CCC(C)O)CCCC(C(O)C(C)O)C1. The quantitative estimate of drug-likeness (QED) is 0.324. The van der Waals surface area contributed by atoms with Gasteiger partial charge in [0.1, 0.15) is 0 Å². The van der Waals surface area contributed by atoms with E-state index in [0.717, 1.165) is 38.5 Å². The molecule has 0 aromatic carbocycles. The van der Waals surface area contributed by atoms with E-state index in [2.05, 4.69) is 0 Å². The maximum Gasteiger partial charge on any atom is 0.0824 e. The molecule has 0 aromatic heterocycles. The summed E-state index contributed by atoms with van der Waals surface area (Å²) in [5.74, 6) is -0.0000454. The van der Waals surface area contributed by atoms with Crippen LogP contribution in [0, 0.1) is 17.8 Å². The molecule has 0 amide bonds. The van der Waals surface area contributed by atoms with Crippen LogP contribution in [0.3, 0.4) is 0 Å². The first-order valence-corrected chi connectivity index (χ1v) is 11.7. The van der Waals surface area contributed by atoms with Crippen molar-refractivity contribution in [1.29, 1.82) is 0 Å². The van der Waals surface area contributed by atoms with Crippen LogP contribution in [-0.4, -0.2) is 67.3 Å². The average Bonchev–Trinajstić information content (AvgIpc) is 2.68. The molecule has 9 unspecified atom stereocenters. The minimum Gasteiger partial charge on any atom is -0.393 e. The third-order valence-corrected chi connectivity index (χ3v) is 6.84. The molecule has 0 spiro atoms. The zero-order chi connectivity index (χ0) is 22.0. The van der Waals surface area contributed by atoms with E-state index < -0.39 is 36.6 Å². The van der Waals surface area contributed by atoms with Gasteiger partial charge in [-0.2, -0.15) is 0 Å². The minimum absolute atomic E-state index is 0.0389. The maximum absolute atomic E-state index is 10.7. The zero-order valence-corrected chi connectivity index (χ0v) is 18.7. The lowest BCUT2D eigenvalue weighted by atomic mass is 9.76. The third kappa shape index (κ3) is 10.1. The fourth-order valence-corrected chi connectivity index (χ4v) is 4.78. The number of hydrogen-bond donors (Lipinski definition) is 6. The van der Waals surface area contributed by atoms with E-state index in [-0.39, 0.29) is 17.8 Å². The molecule has 0 bridgehead atoms. The largest absolute Gasteiger partial charge is 0.393 e. The van der Waals surface area contributed by atoms with E-state index in [1.54, 1.807) is 13.8 Å². The first-order chi connectivity index (χ1) is 13.6. The Morgan fingerprint density at radius 3 is 1.79 bits per heavy atom. The predicted octanol–water partition coefficient (Wildman–Crippen LogP) is 2.36. The zero-order valence-electron chi connectivity index (χ0n) is 18.7. The van der Waals surface area contributed by atoms with Crippen molar-refractivity contribution >= 4 is 0 Å². The second-order valence-electron chi connectivity index (χ2n) is 9.47. The van der Waals surface area contributed by atoms with Crippen molar-refractivity contribution in [3.63, 3.8) is 0 Å². The fourth-order valence-electron chi connectivity index (χ4n) is 4.78. The Morgan fingerprint density at radius 2 is 1.28 bits per heavy atom. The summed E-state index contributed by atoms with van der Waals surface area (Å²) in [5.41, 5.74) is 0. The lowest BCUT2D eigenvalue weighted by Crippen LogP contribution is -2.36. The Labute approximate surface area is 177 Å². The van der Waals surface area contributed by atoms with Gasteiger partial charge in [-0.05, 0) is 89.4 Å². The fraction of sp³-hybridized carbons (Fsp3) is 1.00. The van der Waals surface area contributed by atoms with Gasteiger partial charge in [0.05, 0.1) is 36.6 Å². The molecular weight excluding hydrogens is 372 g/mol. The summed E-state index contributed by atoms with van der Waals surface area (Å²) in [5, 5.41) is 61.2. The lowest BCUT2D eigenvalue weighted by Gasteiger charge is -2.34. The van der Waals surface area contributed by atoms with Gasteiger partial charge >= 0.3 is 0 Å². The number of rotatable bonds is 10. The van der Waals surface area contributed by atoms with Crippen molar-refractivity contribution in [2.45, 2.75) is 128 Å². The lowest BCUT2D eigenvalue weighted by molar-refractivity contribution is -0.0343. The van der Waals surface area contributed by atoms with Crippen molar-refractivity contribution in [2.24, 2.45) is 17.8 Å². The standard InChI is InChI=1S/C23H46O6/c1-4-20(26)14-22(28)18-9-5-7-17(21(27)12-11-15(2)24)8-6-10-19(13-18)23(29)16(3)25/h15-29H,4-14H2,1-3H3. The summed E-state index contributed by atoms with van der Waals surface area (Å²) >= 11 is 0. The van der Waals surface area contributed by atoms with Gasteiger partial charge in [-0.1, -0.05) is 19.8 Å². The summed E-state index contributed by atoms with van der Waals surface area (Å²) in [6, 6.07) is 0. The monoisotopic (exact) mass is 418 g/mol. The van der Waals surface area contributed by atoms with Gasteiger partial charge < -0.3 is 30.6 Å². The van der Waals surface area contributed by atoms with Crippen LogP contribution < -0.4 is 0 Å². The average molecular weight is 419 g/mol. The highest BCUT2D eigenvalue weighted by molar-refractivity contribution is 4.83. The highest BCUT2D eigenvalue weighted by Gasteiger charge is 2.32. The molecule has 6 heteroatoms. The van der Waals surface area contributed by atoms with Crippen LogP contribution in [-0.2, 0) is 0 Å². The van der Waals surface area contributed by atoms with Gasteiger partial charge in [0.2, 0.25) is 0 Å². The Balaban J connectivity index is 2.84. The number of hydrogen-bond acceptors (Lipinski definition) is 6. The molecule has 0 radical (unpaired) electrons. The second kappa shape index (κ2) is 13.9. The van der Waals surface area contributed by atoms with Gasteiger partial charge in [-0.3, -0.25) is 0 Å². The molecule has 1 saturated carbocycles. The highest BCUT2D eigenvalue weighted by Crippen LogP contribution is 2.34. The molecular formula is C23H46O6. The predicted molar refractivity (Wildman–Crippen MR) is 114 cm³/mol. The summed E-state index contributed by atoms with van der Waals surface area (Å²) in [6.07, 6.45) is 4.03. The molecule has 6 nitrogen and oxygen atoms in total. The topological polar surface area (TPSA) is 121 Å². The van der Waals surface area contributed by atoms with Crippen LogP contribution in [0.15, 0.2) is 0 Å². The van der Waals surface area contributed by atoms with Crippen molar-refractivity contribution in [2.75, 3.05) is 0 Å². The molecule has 1 aliphatic rings. The third-order valence-electron chi connectivity index (χ3n) is 6.84. The van der Waals surface area contributed by atoms with Crippen LogP contribution in [0.4, 0.5) is 0 Å². The van der Waals surface area contributed by atoms with Gasteiger partial charge in [0, 0.05) is 0 Å². The van der Waals surface area contributed by atoms with Crippen LogP contribution in [0.2, 0.25) is 0 Å². The summed E-state index contributed by atoms with van der Waals surface area (Å²) in [6.45, 7) is 5.22. The van der Waals surface area contributed by atoms with E-state index in [1.807, 2.05) is 6.92 Å². The summed E-state index contributed by atoms with van der Waals surface area (Å²) in [4.78, 5) is 0. The van der Waals surface area contributed by atoms with Gasteiger partial charge in [0.15, 0.2) is 0 Å². The number of aliphatic hydroxyl groups is 6. The molecule has 29 heavy (non-hydrogen) atoms. The molecule has 0 aliphatic heterocycles. The molecule has 0 saturated heterocycles. The van der Waals surface area contributed by atoms with Crippen LogP contribution in [0.5, 0.6) is 0 Å². The Bertz CT molecular complexity index is 416. The summed E-state index contributed by atoms with van der Waals surface area (Å²) < 4.78 is 0. The van der Waals surface area contributed by atoms with E-state index in [0.29, 0.717) is 32.1 Å². The van der Waals surface area contributed by atoms with Crippen LogP contribution in [0.1, 0.15) is 91.4 Å². The molecule has 1 aliphatic carbocycles. The van der Waals surface area contributed by atoms with Crippen molar-refractivity contribution < 1.29 is 30.6 Å². The van der Waals surface area contributed by atoms with E-state index in [4.69, 9.17) is 0 Å². The smallest absolute Gasteiger partial charge is 0.0824 e. The van der Waals surface area contributed by atoms with Crippen molar-refractivity contribution in [1.82, 2.24) is 0 Å². The summed E-state index contributed by atoms with van der Waals surface area (Å²) in [7, 11) is 0.